The zero-order valence-electron chi connectivity index (χ0n) is 18.5. The number of esters is 1. The lowest BCUT2D eigenvalue weighted by molar-refractivity contribution is -0.123. The summed E-state index contributed by atoms with van der Waals surface area (Å²) in [6.45, 7) is 5.12. The summed E-state index contributed by atoms with van der Waals surface area (Å²) in [5, 5.41) is 13.1. The van der Waals surface area contributed by atoms with E-state index in [-0.39, 0.29) is 12.5 Å². The van der Waals surface area contributed by atoms with Crippen LogP contribution in [0.2, 0.25) is 0 Å². The highest BCUT2D eigenvalue weighted by Crippen LogP contribution is 2.19. The van der Waals surface area contributed by atoms with Crippen molar-refractivity contribution < 1.29 is 19.1 Å². The number of nitrogens with one attached hydrogen (secondary N) is 1. The van der Waals surface area contributed by atoms with Gasteiger partial charge in [0.05, 0.1) is 11.8 Å². The fourth-order valence-electron chi connectivity index (χ4n) is 2.95. The molecular weight excluding hydrogens is 420 g/mol. The zero-order valence-corrected chi connectivity index (χ0v) is 18.5. The van der Waals surface area contributed by atoms with Gasteiger partial charge >= 0.3 is 5.97 Å². The van der Waals surface area contributed by atoms with Crippen molar-refractivity contribution in [3.63, 3.8) is 0 Å². The number of aryl methyl sites for hydroxylation is 3. The lowest BCUT2D eigenvalue weighted by atomic mass is 10.1. The van der Waals surface area contributed by atoms with Crippen LogP contribution in [0.25, 0.3) is 0 Å². The zero-order chi connectivity index (χ0) is 23.8. The molecule has 3 aromatic rings. The first-order valence-electron chi connectivity index (χ1n) is 10.1. The van der Waals surface area contributed by atoms with Crippen LogP contribution in [0.4, 0.5) is 0 Å². The largest absolute Gasteiger partial charge is 0.467 e. The number of ether oxygens (including phenoxy) is 2. The van der Waals surface area contributed by atoms with Gasteiger partial charge in [-0.15, -0.1) is 0 Å². The maximum atomic E-state index is 12.2. The first kappa shape index (κ1) is 23.2. The fourth-order valence-corrected chi connectivity index (χ4v) is 2.95. The Kier molecular flexibility index (Phi) is 7.50. The van der Waals surface area contributed by atoms with Crippen molar-refractivity contribution in [2.45, 2.75) is 20.8 Å². The SMILES string of the molecule is Cc1cccc(C(=O)Oc2ccc(/C=N/NC(=O)COc3nc(C)cc(C)c3C#N)cc2)c1. The standard InChI is InChI=1S/C25H22N4O4/c1-16-5-4-6-20(11-16)25(31)33-21-9-7-19(8-10-21)14-27-29-23(30)15-32-24-22(13-26)17(2)12-18(3)28-24/h4-12,14H,15H2,1-3H3,(H,29,30)/b27-14+. The van der Waals surface area contributed by atoms with Crippen LogP contribution in [0.1, 0.15) is 38.3 Å². The van der Waals surface area contributed by atoms with E-state index in [0.29, 0.717) is 28.1 Å². The molecule has 0 atom stereocenters. The van der Waals surface area contributed by atoms with Crippen LogP contribution < -0.4 is 14.9 Å². The number of hydrogen-bond acceptors (Lipinski definition) is 7. The molecule has 1 amide bonds. The van der Waals surface area contributed by atoms with Gasteiger partial charge in [0.25, 0.3) is 5.91 Å². The fraction of sp³-hybridized carbons (Fsp3) is 0.160. The Morgan fingerprint density at radius 3 is 2.58 bits per heavy atom. The molecule has 0 spiro atoms. The monoisotopic (exact) mass is 442 g/mol. The van der Waals surface area contributed by atoms with Crippen molar-refractivity contribution in [1.29, 1.82) is 5.26 Å². The van der Waals surface area contributed by atoms with E-state index in [0.717, 1.165) is 11.1 Å². The third kappa shape index (κ3) is 6.48. The summed E-state index contributed by atoms with van der Waals surface area (Å²) in [6, 6.07) is 17.6. The number of carbonyl (C=O) groups excluding carboxylic acids is 2. The summed E-state index contributed by atoms with van der Waals surface area (Å²) in [7, 11) is 0. The molecular formula is C25H22N4O4. The van der Waals surface area contributed by atoms with E-state index < -0.39 is 11.9 Å². The van der Waals surface area contributed by atoms with E-state index in [1.807, 2.05) is 19.1 Å². The molecule has 0 radical (unpaired) electrons. The number of rotatable bonds is 7. The number of nitriles is 1. The van der Waals surface area contributed by atoms with Crippen LogP contribution in [0, 0.1) is 32.1 Å². The van der Waals surface area contributed by atoms with Gasteiger partial charge < -0.3 is 9.47 Å². The van der Waals surface area contributed by atoms with Gasteiger partial charge in [0.15, 0.2) is 6.61 Å². The average molecular weight is 442 g/mol. The summed E-state index contributed by atoms with van der Waals surface area (Å²) >= 11 is 0. The van der Waals surface area contributed by atoms with Crippen LogP contribution in [-0.4, -0.2) is 29.7 Å². The molecule has 1 N–H and O–H groups in total. The van der Waals surface area contributed by atoms with Gasteiger partial charge in [-0.25, -0.2) is 15.2 Å². The van der Waals surface area contributed by atoms with E-state index >= 15 is 0 Å². The number of nitrogens with zero attached hydrogens (tertiary/aromatic N) is 3. The quantitative estimate of drug-likeness (QED) is 0.259. The molecule has 3 rings (SSSR count). The number of aromatic nitrogens is 1. The molecule has 0 aliphatic carbocycles. The molecule has 2 aromatic carbocycles. The minimum atomic E-state index is -0.500. The van der Waals surface area contributed by atoms with Crippen LogP contribution in [0.15, 0.2) is 59.7 Å². The summed E-state index contributed by atoms with van der Waals surface area (Å²) in [6.07, 6.45) is 1.44. The normalized spacial score (nSPS) is 10.5. The highest BCUT2D eigenvalue weighted by molar-refractivity contribution is 5.91. The Morgan fingerprint density at radius 1 is 1.12 bits per heavy atom. The van der Waals surface area contributed by atoms with E-state index in [4.69, 9.17) is 9.47 Å². The summed E-state index contributed by atoms with van der Waals surface area (Å²) in [4.78, 5) is 28.4. The maximum Gasteiger partial charge on any atom is 0.343 e. The van der Waals surface area contributed by atoms with Gasteiger partial charge in [-0.2, -0.15) is 10.4 Å². The van der Waals surface area contributed by atoms with Crippen molar-refractivity contribution in [2.75, 3.05) is 6.61 Å². The number of hydrogen-bond donors (Lipinski definition) is 1. The molecule has 0 saturated heterocycles. The van der Waals surface area contributed by atoms with Crippen LogP contribution in [0.3, 0.4) is 0 Å². The third-order valence-electron chi connectivity index (χ3n) is 4.51. The second-order valence-corrected chi connectivity index (χ2v) is 7.28. The predicted octanol–water partition coefficient (Wildman–Crippen LogP) is 3.63. The minimum Gasteiger partial charge on any atom is -0.467 e. The van der Waals surface area contributed by atoms with Crippen LogP contribution in [-0.2, 0) is 4.79 Å². The van der Waals surface area contributed by atoms with Gasteiger partial charge in [-0.05, 0) is 74.4 Å². The lowest BCUT2D eigenvalue weighted by Gasteiger charge is -2.08. The second kappa shape index (κ2) is 10.7. The van der Waals surface area contributed by atoms with Gasteiger partial charge in [-0.3, -0.25) is 4.79 Å². The van der Waals surface area contributed by atoms with E-state index in [2.05, 4.69) is 15.5 Å². The molecule has 166 valence electrons. The molecule has 33 heavy (non-hydrogen) atoms. The maximum absolute atomic E-state index is 12.2. The molecule has 0 aliphatic heterocycles. The molecule has 1 heterocycles. The average Bonchev–Trinajstić information content (AvgIpc) is 2.78. The Labute approximate surface area is 191 Å². The van der Waals surface area contributed by atoms with Crippen molar-refractivity contribution in [2.24, 2.45) is 5.10 Å². The molecule has 8 nitrogen and oxygen atoms in total. The first-order valence-corrected chi connectivity index (χ1v) is 10.1. The van der Waals surface area contributed by atoms with Gasteiger partial charge in [0.2, 0.25) is 5.88 Å². The van der Waals surface area contributed by atoms with Gasteiger partial charge in [0, 0.05) is 5.69 Å². The highest BCUT2D eigenvalue weighted by Gasteiger charge is 2.12. The summed E-state index contributed by atoms with van der Waals surface area (Å²) < 4.78 is 10.7. The number of carbonyl (C=O) groups is 2. The number of benzene rings is 2. The molecule has 0 saturated carbocycles. The van der Waals surface area contributed by atoms with E-state index in [1.165, 1.54) is 6.21 Å². The highest BCUT2D eigenvalue weighted by atomic mass is 16.5. The van der Waals surface area contributed by atoms with Crippen molar-refractivity contribution >= 4 is 18.1 Å². The van der Waals surface area contributed by atoms with E-state index in [9.17, 15) is 14.9 Å². The van der Waals surface area contributed by atoms with Crippen molar-refractivity contribution in [1.82, 2.24) is 10.4 Å². The molecule has 8 heteroatoms. The molecule has 0 aliphatic rings. The molecule has 1 aromatic heterocycles. The molecule has 0 unspecified atom stereocenters. The lowest BCUT2D eigenvalue weighted by Crippen LogP contribution is -2.25. The predicted molar refractivity (Wildman–Crippen MR) is 122 cm³/mol. The Morgan fingerprint density at radius 2 is 1.88 bits per heavy atom. The molecule has 0 fully saturated rings. The van der Waals surface area contributed by atoms with Gasteiger partial charge in [-0.1, -0.05) is 17.7 Å². The molecule has 0 bridgehead atoms. The van der Waals surface area contributed by atoms with Crippen LogP contribution >= 0.6 is 0 Å². The number of pyridine rings is 1. The van der Waals surface area contributed by atoms with E-state index in [1.54, 1.807) is 62.4 Å². The Hall–Kier alpha value is -4.51. The number of amides is 1. The Balaban J connectivity index is 1.51. The number of hydrazone groups is 1. The van der Waals surface area contributed by atoms with Crippen molar-refractivity contribution in [3.8, 4) is 17.7 Å². The Bertz CT molecular complexity index is 1240. The second-order valence-electron chi connectivity index (χ2n) is 7.28. The summed E-state index contributed by atoms with van der Waals surface area (Å²) in [5.41, 5.74) is 6.20. The topological polar surface area (TPSA) is 114 Å². The van der Waals surface area contributed by atoms with Crippen molar-refractivity contribution in [3.05, 3.63) is 88.1 Å². The van der Waals surface area contributed by atoms with Gasteiger partial charge in [0.1, 0.15) is 17.4 Å². The third-order valence-corrected chi connectivity index (χ3v) is 4.51. The minimum absolute atomic E-state index is 0.116. The smallest absolute Gasteiger partial charge is 0.343 e. The van der Waals surface area contributed by atoms with Crippen LogP contribution in [0.5, 0.6) is 11.6 Å². The first-order chi connectivity index (χ1) is 15.9. The summed E-state index contributed by atoms with van der Waals surface area (Å²) in [5.74, 6) is -0.430.